The molecule has 0 unspecified atom stereocenters. The fourth-order valence-corrected chi connectivity index (χ4v) is 3.05. The fourth-order valence-electron chi connectivity index (χ4n) is 3.05. The van der Waals surface area contributed by atoms with Crippen molar-refractivity contribution in [3.63, 3.8) is 0 Å². The zero-order valence-electron chi connectivity index (χ0n) is 14.1. The molecule has 0 radical (unpaired) electrons. The summed E-state index contributed by atoms with van der Waals surface area (Å²) in [6.07, 6.45) is 2.22. The van der Waals surface area contributed by atoms with Gasteiger partial charge in [-0.25, -0.2) is 4.79 Å². The molecular formula is C18H26N2O3. The van der Waals surface area contributed by atoms with Crippen molar-refractivity contribution in [3.05, 3.63) is 35.9 Å². The smallest absolute Gasteiger partial charge is 0.406 e. The summed E-state index contributed by atoms with van der Waals surface area (Å²) < 4.78 is 4.55. The van der Waals surface area contributed by atoms with Gasteiger partial charge in [0.05, 0.1) is 13.0 Å². The molecule has 0 heterocycles. The predicted octanol–water partition coefficient (Wildman–Crippen LogP) is 2.77. The molecule has 5 heteroatoms. The van der Waals surface area contributed by atoms with Crippen LogP contribution in [0.25, 0.3) is 0 Å². The molecule has 1 saturated carbocycles. The fraction of sp³-hybridized carbons (Fsp3) is 0.556. The van der Waals surface area contributed by atoms with Crippen molar-refractivity contribution in [1.82, 2.24) is 10.2 Å². The van der Waals surface area contributed by atoms with Gasteiger partial charge in [-0.15, -0.1) is 0 Å². The molecule has 0 aliphatic heterocycles. The van der Waals surface area contributed by atoms with Gasteiger partial charge in [0.25, 0.3) is 0 Å². The van der Waals surface area contributed by atoms with Gasteiger partial charge in [-0.1, -0.05) is 37.3 Å². The van der Waals surface area contributed by atoms with E-state index in [-0.39, 0.29) is 11.8 Å². The molecule has 1 N–H and O–H groups in total. The number of rotatable bonds is 6. The number of benzene rings is 1. The molecule has 0 aromatic heterocycles. The van der Waals surface area contributed by atoms with Crippen molar-refractivity contribution >= 4 is 12.0 Å². The van der Waals surface area contributed by atoms with Crippen molar-refractivity contribution in [1.29, 1.82) is 0 Å². The first kappa shape index (κ1) is 17.3. The van der Waals surface area contributed by atoms with Gasteiger partial charge in [-0.05, 0) is 30.7 Å². The lowest BCUT2D eigenvalue weighted by Gasteiger charge is -2.42. The Morgan fingerprint density at radius 2 is 1.96 bits per heavy atom. The number of hydrogen-bond acceptors (Lipinski definition) is 3. The quantitative estimate of drug-likeness (QED) is 0.877. The van der Waals surface area contributed by atoms with Crippen LogP contribution in [0, 0.1) is 5.92 Å². The molecule has 2 rings (SSSR count). The van der Waals surface area contributed by atoms with E-state index in [1.165, 1.54) is 12.7 Å². The minimum atomic E-state index is -0.494. The third kappa shape index (κ3) is 4.24. The van der Waals surface area contributed by atoms with E-state index in [2.05, 4.69) is 34.3 Å². The summed E-state index contributed by atoms with van der Waals surface area (Å²) in [5, 5.41) is 2.62. The Kier molecular flexibility index (Phi) is 6.02. The Morgan fingerprint density at radius 3 is 2.52 bits per heavy atom. The molecule has 1 aromatic rings. The topological polar surface area (TPSA) is 58.6 Å². The van der Waals surface area contributed by atoms with Crippen molar-refractivity contribution < 1.29 is 14.3 Å². The molecule has 0 bridgehead atoms. The Bertz CT molecular complexity index is 526. The number of carbonyl (C=O) groups excluding carboxylic acids is 2. The second kappa shape index (κ2) is 7.99. The highest BCUT2D eigenvalue weighted by molar-refractivity contribution is 5.80. The first-order chi connectivity index (χ1) is 11.1. The lowest BCUT2D eigenvalue weighted by molar-refractivity contribution is -0.138. The van der Waals surface area contributed by atoms with Gasteiger partial charge in [-0.3, -0.25) is 4.79 Å². The molecule has 0 saturated heterocycles. The van der Waals surface area contributed by atoms with Crippen molar-refractivity contribution in [3.8, 4) is 0 Å². The number of nitrogens with one attached hydrogen (secondary N) is 1. The Labute approximate surface area is 138 Å². The number of amides is 2. The standard InChI is InChI=1S/C18H26N2O3/c1-4-13(12-19-18(22)23-3)17(21)20(2)16-10-15(11-16)14-8-6-5-7-9-14/h5-9,13,15-16H,4,10-12H2,1-3H3,(H,19,22)/t13-,15-,16-/m1/s1. The average molecular weight is 318 g/mol. The number of alkyl carbamates (subject to hydrolysis) is 1. The summed E-state index contributed by atoms with van der Waals surface area (Å²) in [4.78, 5) is 25.6. The summed E-state index contributed by atoms with van der Waals surface area (Å²) >= 11 is 0. The van der Waals surface area contributed by atoms with Gasteiger partial charge >= 0.3 is 6.09 Å². The summed E-state index contributed by atoms with van der Waals surface area (Å²) in [7, 11) is 3.19. The van der Waals surface area contributed by atoms with E-state index in [0.29, 0.717) is 24.9 Å². The van der Waals surface area contributed by atoms with E-state index >= 15 is 0 Å². The number of ether oxygens (including phenoxy) is 1. The van der Waals surface area contributed by atoms with E-state index in [1.54, 1.807) is 0 Å². The Hall–Kier alpha value is -2.04. The lowest BCUT2D eigenvalue weighted by Crippen LogP contribution is -2.48. The molecule has 126 valence electrons. The third-order valence-electron chi connectivity index (χ3n) is 4.80. The van der Waals surface area contributed by atoms with Gasteiger partial charge in [0.15, 0.2) is 0 Å². The van der Waals surface area contributed by atoms with Gasteiger partial charge < -0.3 is 15.0 Å². The molecule has 1 atom stereocenters. The van der Waals surface area contributed by atoms with Crippen LogP contribution in [-0.2, 0) is 9.53 Å². The highest BCUT2D eigenvalue weighted by atomic mass is 16.5. The van der Waals surface area contributed by atoms with Crippen LogP contribution in [0.15, 0.2) is 30.3 Å². The van der Waals surface area contributed by atoms with Gasteiger partial charge in [-0.2, -0.15) is 0 Å². The molecular weight excluding hydrogens is 292 g/mol. The van der Waals surface area contributed by atoms with Crippen LogP contribution in [-0.4, -0.2) is 43.6 Å². The largest absolute Gasteiger partial charge is 0.453 e. The zero-order chi connectivity index (χ0) is 16.8. The zero-order valence-corrected chi connectivity index (χ0v) is 14.1. The van der Waals surface area contributed by atoms with Crippen LogP contribution in [0.4, 0.5) is 4.79 Å². The summed E-state index contributed by atoms with van der Waals surface area (Å²) in [5.41, 5.74) is 1.35. The number of hydrogen-bond donors (Lipinski definition) is 1. The molecule has 0 spiro atoms. The van der Waals surface area contributed by atoms with E-state index in [1.807, 2.05) is 24.9 Å². The van der Waals surface area contributed by atoms with Crippen LogP contribution in [0.3, 0.4) is 0 Å². The lowest BCUT2D eigenvalue weighted by atomic mass is 9.75. The molecule has 1 aliphatic rings. The second-order valence-corrected chi connectivity index (χ2v) is 6.16. The number of carbonyl (C=O) groups is 2. The van der Waals surface area contributed by atoms with Gasteiger partial charge in [0.1, 0.15) is 0 Å². The second-order valence-electron chi connectivity index (χ2n) is 6.16. The molecule has 23 heavy (non-hydrogen) atoms. The maximum atomic E-state index is 12.6. The SMILES string of the molecule is CC[C@H](CNC(=O)OC)C(=O)N(C)[C@H]1C[C@H](c2ccccc2)C1. The third-order valence-corrected chi connectivity index (χ3v) is 4.80. The summed E-state index contributed by atoms with van der Waals surface area (Å²) in [6, 6.07) is 10.7. The number of methoxy groups -OCH3 is 1. The maximum absolute atomic E-state index is 12.6. The van der Waals surface area contributed by atoms with Crippen LogP contribution in [0.5, 0.6) is 0 Å². The molecule has 1 fully saturated rings. The highest BCUT2D eigenvalue weighted by Crippen LogP contribution is 2.39. The van der Waals surface area contributed by atoms with Crippen molar-refractivity contribution in [2.45, 2.75) is 38.1 Å². The molecule has 1 aliphatic carbocycles. The molecule has 2 amide bonds. The van der Waals surface area contributed by atoms with E-state index in [0.717, 1.165) is 12.8 Å². The highest BCUT2D eigenvalue weighted by Gasteiger charge is 2.36. The summed E-state index contributed by atoms with van der Waals surface area (Å²) in [6.45, 7) is 2.28. The maximum Gasteiger partial charge on any atom is 0.406 e. The van der Waals surface area contributed by atoms with E-state index in [9.17, 15) is 9.59 Å². The van der Waals surface area contributed by atoms with Gasteiger partial charge in [0.2, 0.25) is 5.91 Å². The van der Waals surface area contributed by atoms with Crippen LogP contribution < -0.4 is 5.32 Å². The Morgan fingerprint density at radius 1 is 1.30 bits per heavy atom. The van der Waals surface area contributed by atoms with Gasteiger partial charge in [0, 0.05) is 19.6 Å². The van der Waals surface area contributed by atoms with Crippen molar-refractivity contribution in [2.75, 3.05) is 20.7 Å². The normalized spacial score (nSPS) is 21.0. The summed E-state index contributed by atoms with van der Waals surface area (Å²) in [5.74, 6) is 0.444. The first-order valence-electron chi connectivity index (χ1n) is 8.20. The van der Waals surface area contributed by atoms with Crippen molar-refractivity contribution in [2.24, 2.45) is 5.92 Å². The number of nitrogens with zero attached hydrogens (tertiary/aromatic N) is 1. The Balaban J connectivity index is 1.84. The van der Waals surface area contributed by atoms with E-state index < -0.39 is 6.09 Å². The average Bonchev–Trinajstić information content (AvgIpc) is 2.54. The molecule has 1 aromatic carbocycles. The predicted molar refractivity (Wildman–Crippen MR) is 89.2 cm³/mol. The minimum absolute atomic E-state index is 0.0976. The molecule has 5 nitrogen and oxygen atoms in total. The monoisotopic (exact) mass is 318 g/mol. The van der Waals surface area contributed by atoms with Crippen LogP contribution in [0.1, 0.15) is 37.7 Å². The van der Waals surface area contributed by atoms with E-state index in [4.69, 9.17) is 0 Å². The minimum Gasteiger partial charge on any atom is -0.453 e. The van der Waals surface area contributed by atoms with Crippen LogP contribution in [0.2, 0.25) is 0 Å². The first-order valence-corrected chi connectivity index (χ1v) is 8.20. The van der Waals surface area contributed by atoms with Crippen LogP contribution >= 0.6 is 0 Å².